The molecule has 3 amide bonds. The first kappa shape index (κ1) is 24.6. The lowest BCUT2D eigenvalue weighted by Gasteiger charge is -2.27. The molecule has 0 saturated heterocycles. The SMILES string of the molecule is CCN(C(=O)N(C=O)Cc1cc(C)c(OC(C)(C)C(=O)O)c(C)c1)c1ccc(C=O)cc1. The summed E-state index contributed by atoms with van der Waals surface area (Å²) in [6, 6.07) is 9.54. The van der Waals surface area contributed by atoms with Crippen LogP contribution in [0.3, 0.4) is 0 Å². The molecule has 32 heavy (non-hydrogen) atoms. The minimum Gasteiger partial charge on any atom is -0.478 e. The number of aliphatic carboxylic acids is 1. The molecule has 0 unspecified atom stereocenters. The van der Waals surface area contributed by atoms with Gasteiger partial charge >= 0.3 is 12.0 Å². The number of rotatable bonds is 9. The molecule has 0 saturated carbocycles. The summed E-state index contributed by atoms with van der Waals surface area (Å²) in [5, 5.41) is 9.32. The van der Waals surface area contributed by atoms with E-state index in [1.165, 1.54) is 18.7 Å². The molecule has 0 spiro atoms. The molecule has 0 fully saturated rings. The molecule has 2 aromatic rings. The van der Waals surface area contributed by atoms with Gasteiger partial charge in [-0.25, -0.2) is 9.59 Å². The highest BCUT2D eigenvalue weighted by molar-refractivity contribution is 5.97. The minimum absolute atomic E-state index is 0.0372. The summed E-state index contributed by atoms with van der Waals surface area (Å²) in [6.45, 7) is 8.66. The van der Waals surface area contributed by atoms with Crippen molar-refractivity contribution in [2.75, 3.05) is 11.4 Å². The van der Waals surface area contributed by atoms with Gasteiger partial charge in [0.15, 0.2) is 5.60 Å². The Balaban J connectivity index is 2.26. The fourth-order valence-corrected chi connectivity index (χ4v) is 3.25. The van der Waals surface area contributed by atoms with Crippen LogP contribution >= 0.6 is 0 Å². The first-order chi connectivity index (χ1) is 15.0. The van der Waals surface area contributed by atoms with Crippen molar-refractivity contribution in [1.82, 2.24) is 4.90 Å². The molecule has 0 aliphatic rings. The van der Waals surface area contributed by atoms with E-state index >= 15 is 0 Å². The predicted octanol–water partition coefficient (Wildman–Crippen LogP) is 3.96. The number of amides is 3. The number of aryl methyl sites for hydroxylation is 2. The van der Waals surface area contributed by atoms with E-state index in [0.717, 1.165) is 11.2 Å². The molecule has 2 rings (SSSR count). The average molecular weight is 440 g/mol. The van der Waals surface area contributed by atoms with Crippen molar-refractivity contribution in [1.29, 1.82) is 0 Å². The number of benzene rings is 2. The Morgan fingerprint density at radius 1 is 1.06 bits per heavy atom. The molecule has 0 aromatic heterocycles. The van der Waals surface area contributed by atoms with E-state index in [2.05, 4.69) is 0 Å². The lowest BCUT2D eigenvalue weighted by atomic mass is 10.0. The van der Waals surface area contributed by atoms with Gasteiger partial charge in [-0.3, -0.25) is 19.4 Å². The van der Waals surface area contributed by atoms with Gasteiger partial charge in [0.25, 0.3) is 0 Å². The Bertz CT molecular complexity index is 991. The zero-order chi connectivity index (χ0) is 24.1. The molecule has 0 aliphatic carbocycles. The van der Waals surface area contributed by atoms with Crippen LogP contribution in [0.15, 0.2) is 36.4 Å². The van der Waals surface area contributed by atoms with Crippen LogP contribution in [0.25, 0.3) is 0 Å². The number of carboxylic acid groups (broad SMARTS) is 1. The largest absolute Gasteiger partial charge is 0.478 e. The number of carboxylic acids is 1. The molecule has 2 aromatic carbocycles. The molecule has 0 heterocycles. The molecular weight excluding hydrogens is 412 g/mol. The molecule has 0 radical (unpaired) electrons. The smallest absolute Gasteiger partial charge is 0.347 e. The van der Waals surface area contributed by atoms with E-state index in [1.54, 1.807) is 57.2 Å². The second kappa shape index (κ2) is 10.1. The first-order valence-electron chi connectivity index (χ1n) is 10.1. The lowest BCUT2D eigenvalue weighted by Crippen LogP contribution is -2.42. The van der Waals surface area contributed by atoms with Crippen molar-refractivity contribution in [3.63, 3.8) is 0 Å². The predicted molar refractivity (Wildman–Crippen MR) is 120 cm³/mol. The second-order valence-electron chi connectivity index (χ2n) is 7.95. The van der Waals surface area contributed by atoms with E-state index < -0.39 is 17.6 Å². The van der Waals surface area contributed by atoms with Gasteiger partial charge in [0.05, 0.1) is 6.54 Å². The van der Waals surface area contributed by atoms with Gasteiger partial charge in [0.2, 0.25) is 6.41 Å². The van der Waals surface area contributed by atoms with Gasteiger partial charge in [0, 0.05) is 17.8 Å². The maximum absolute atomic E-state index is 13.0. The van der Waals surface area contributed by atoms with Crippen LogP contribution in [-0.4, -0.2) is 46.8 Å². The molecule has 0 bridgehead atoms. The Kier molecular flexibility index (Phi) is 7.75. The fourth-order valence-electron chi connectivity index (χ4n) is 3.25. The van der Waals surface area contributed by atoms with Crippen LogP contribution in [0.5, 0.6) is 5.75 Å². The standard InChI is InChI=1S/C24H28N2O6/c1-6-26(20-9-7-18(14-27)8-10-20)23(31)25(15-28)13-19-11-16(2)21(17(3)12-19)32-24(4,5)22(29)30/h7-12,14-15H,6,13H2,1-5H3,(H,29,30). The van der Waals surface area contributed by atoms with Gasteiger partial charge in [-0.2, -0.15) is 0 Å². The van der Waals surface area contributed by atoms with E-state index in [0.29, 0.717) is 46.6 Å². The van der Waals surface area contributed by atoms with Crippen molar-refractivity contribution in [3.8, 4) is 5.75 Å². The van der Waals surface area contributed by atoms with Crippen LogP contribution in [0.4, 0.5) is 10.5 Å². The molecule has 8 nitrogen and oxygen atoms in total. The van der Waals surface area contributed by atoms with E-state index in [-0.39, 0.29) is 6.54 Å². The lowest BCUT2D eigenvalue weighted by molar-refractivity contribution is -0.152. The maximum atomic E-state index is 13.0. The van der Waals surface area contributed by atoms with Crippen LogP contribution in [-0.2, 0) is 16.1 Å². The number of carbonyl (C=O) groups is 4. The third-order valence-corrected chi connectivity index (χ3v) is 5.01. The number of ether oxygens (including phenoxy) is 1. The Labute approximate surface area is 187 Å². The number of urea groups is 1. The highest BCUT2D eigenvalue weighted by Crippen LogP contribution is 2.29. The molecule has 0 atom stereocenters. The first-order valence-corrected chi connectivity index (χ1v) is 10.1. The van der Waals surface area contributed by atoms with Crippen LogP contribution in [0.1, 0.15) is 47.8 Å². The number of imide groups is 1. The van der Waals surface area contributed by atoms with E-state index in [1.807, 2.05) is 0 Å². The summed E-state index contributed by atoms with van der Waals surface area (Å²) in [4.78, 5) is 49.5. The fraction of sp³-hybridized carbons (Fsp3) is 0.333. The van der Waals surface area contributed by atoms with Gasteiger partial charge in [-0.15, -0.1) is 0 Å². The molecular formula is C24H28N2O6. The van der Waals surface area contributed by atoms with Crippen LogP contribution in [0, 0.1) is 13.8 Å². The zero-order valence-electron chi connectivity index (χ0n) is 18.9. The van der Waals surface area contributed by atoms with Gasteiger partial charge in [0.1, 0.15) is 12.0 Å². The van der Waals surface area contributed by atoms with Crippen molar-refractivity contribution in [3.05, 3.63) is 58.7 Å². The summed E-state index contributed by atoms with van der Waals surface area (Å²) in [5.74, 6) is -0.630. The third kappa shape index (κ3) is 5.51. The molecule has 1 N–H and O–H groups in total. The van der Waals surface area contributed by atoms with Gasteiger partial charge in [-0.1, -0.05) is 12.1 Å². The van der Waals surface area contributed by atoms with Crippen molar-refractivity contribution >= 4 is 30.4 Å². The monoisotopic (exact) mass is 440 g/mol. The summed E-state index contributed by atoms with van der Waals surface area (Å²) in [6.07, 6.45) is 1.20. The van der Waals surface area contributed by atoms with Gasteiger partial charge in [-0.05, 0) is 75.6 Å². The zero-order valence-corrected chi connectivity index (χ0v) is 18.9. The molecule has 0 aliphatic heterocycles. The number of hydrogen-bond acceptors (Lipinski definition) is 5. The van der Waals surface area contributed by atoms with Crippen molar-refractivity contribution in [2.45, 2.75) is 46.8 Å². The van der Waals surface area contributed by atoms with Crippen molar-refractivity contribution in [2.24, 2.45) is 0 Å². The number of aldehydes is 1. The quantitative estimate of drug-likeness (QED) is 0.592. The van der Waals surface area contributed by atoms with E-state index in [4.69, 9.17) is 4.74 Å². The van der Waals surface area contributed by atoms with Crippen LogP contribution < -0.4 is 9.64 Å². The Morgan fingerprint density at radius 3 is 2.06 bits per heavy atom. The minimum atomic E-state index is -1.40. The summed E-state index contributed by atoms with van der Waals surface area (Å²) < 4.78 is 5.71. The van der Waals surface area contributed by atoms with Crippen LogP contribution in [0.2, 0.25) is 0 Å². The average Bonchev–Trinajstić information content (AvgIpc) is 2.75. The summed E-state index contributed by atoms with van der Waals surface area (Å²) >= 11 is 0. The highest BCUT2D eigenvalue weighted by Gasteiger charge is 2.31. The van der Waals surface area contributed by atoms with E-state index in [9.17, 15) is 24.3 Å². The third-order valence-electron chi connectivity index (χ3n) is 5.01. The Morgan fingerprint density at radius 2 is 1.62 bits per heavy atom. The summed E-state index contributed by atoms with van der Waals surface area (Å²) in [7, 11) is 0. The maximum Gasteiger partial charge on any atom is 0.347 e. The highest BCUT2D eigenvalue weighted by atomic mass is 16.5. The normalized spacial score (nSPS) is 10.9. The molecule has 170 valence electrons. The molecule has 8 heteroatoms. The number of nitrogens with zero attached hydrogens (tertiary/aromatic N) is 2. The number of carbonyl (C=O) groups excluding carboxylic acids is 3. The number of hydrogen-bond donors (Lipinski definition) is 1. The second-order valence-corrected chi connectivity index (χ2v) is 7.95. The summed E-state index contributed by atoms with van der Waals surface area (Å²) in [5.41, 5.74) is 1.76. The topological polar surface area (TPSA) is 104 Å². The van der Waals surface area contributed by atoms with Crippen molar-refractivity contribution < 1.29 is 29.0 Å². The van der Waals surface area contributed by atoms with Gasteiger partial charge < -0.3 is 9.84 Å². The number of anilines is 1. The Hall–Kier alpha value is -3.68.